The first-order chi connectivity index (χ1) is 10.3. The first-order valence-corrected chi connectivity index (χ1v) is 8.33. The Morgan fingerprint density at radius 3 is 2.57 bits per heavy atom. The molecule has 0 radical (unpaired) electrons. The molecule has 3 rings (SSSR count). The highest BCUT2D eigenvalue weighted by atomic mass is 16.5. The highest BCUT2D eigenvalue weighted by molar-refractivity contribution is 5.57. The zero-order valence-electron chi connectivity index (χ0n) is 13.0. The van der Waals surface area contributed by atoms with Gasteiger partial charge in [-0.2, -0.15) is 0 Å². The van der Waals surface area contributed by atoms with Crippen LogP contribution in [0.15, 0.2) is 35.3 Å². The fraction of sp³-hybridized carbons (Fsp3) is 0.611. The molecular formula is C18H26N2O. The lowest BCUT2D eigenvalue weighted by Gasteiger charge is -2.42. The summed E-state index contributed by atoms with van der Waals surface area (Å²) in [7, 11) is 0. The van der Waals surface area contributed by atoms with Crippen LogP contribution in [0, 0.1) is 0 Å². The number of ether oxygens (including phenoxy) is 1. The Balaban J connectivity index is 1.83. The number of benzene rings is 1. The molecule has 1 atom stereocenters. The molecule has 2 aliphatic rings. The normalized spacial score (nSPS) is 22.4. The number of rotatable bonds is 5. The van der Waals surface area contributed by atoms with Crippen LogP contribution < -0.4 is 0 Å². The fourth-order valence-corrected chi connectivity index (χ4v) is 3.60. The molecule has 3 heteroatoms. The number of aliphatic imine (C=N–C) groups is 1. The Hall–Kier alpha value is -1.35. The van der Waals surface area contributed by atoms with Crippen LogP contribution in [0.1, 0.15) is 51.0 Å². The highest BCUT2D eigenvalue weighted by Gasteiger charge is 2.38. The maximum atomic E-state index is 6.73. The molecule has 1 aliphatic carbocycles. The average molecular weight is 286 g/mol. The first kappa shape index (κ1) is 14.6. The van der Waals surface area contributed by atoms with Crippen molar-refractivity contribution in [2.45, 2.75) is 57.3 Å². The average Bonchev–Trinajstić information content (AvgIpc) is 3.09. The Labute approximate surface area is 128 Å². The van der Waals surface area contributed by atoms with Gasteiger partial charge in [-0.05, 0) is 24.8 Å². The second kappa shape index (κ2) is 6.61. The third-order valence-corrected chi connectivity index (χ3v) is 4.76. The molecule has 1 aromatic rings. The molecule has 0 spiro atoms. The fourth-order valence-electron chi connectivity index (χ4n) is 3.60. The summed E-state index contributed by atoms with van der Waals surface area (Å²) in [6.45, 7) is 4.10. The molecule has 0 N–H and O–H groups in total. The van der Waals surface area contributed by atoms with Gasteiger partial charge in [-0.1, -0.05) is 56.5 Å². The number of nitrogens with zero attached hydrogens (tertiary/aromatic N) is 2. The van der Waals surface area contributed by atoms with E-state index in [9.17, 15) is 0 Å². The van der Waals surface area contributed by atoms with Gasteiger partial charge in [-0.15, -0.1) is 0 Å². The van der Waals surface area contributed by atoms with E-state index in [0.717, 1.165) is 32.4 Å². The second-order valence-corrected chi connectivity index (χ2v) is 6.16. The summed E-state index contributed by atoms with van der Waals surface area (Å²) < 4.78 is 6.73. The maximum Gasteiger partial charge on any atom is 0.131 e. The minimum Gasteiger partial charge on any atom is -0.347 e. The molecule has 21 heavy (non-hydrogen) atoms. The Kier molecular flexibility index (Phi) is 4.59. The quantitative estimate of drug-likeness (QED) is 0.819. The van der Waals surface area contributed by atoms with Crippen molar-refractivity contribution in [1.29, 1.82) is 0 Å². The van der Waals surface area contributed by atoms with Gasteiger partial charge in [0, 0.05) is 6.54 Å². The van der Waals surface area contributed by atoms with Crippen molar-refractivity contribution in [2.24, 2.45) is 4.99 Å². The predicted molar refractivity (Wildman–Crippen MR) is 86.4 cm³/mol. The summed E-state index contributed by atoms with van der Waals surface area (Å²) in [5.74, 6) is 0. The number of hydrogen-bond acceptors (Lipinski definition) is 3. The van der Waals surface area contributed by atoms with Crippen molar-refractivity contribution in [1.82, 2.24) is 4.90 Å². The zero-order valence-corrected chi connectivity index (χ0v) is 13.0. The lowest BCUT2D eigenvalue weighted by atomic mass is 9.79. The van der Waals surface area contributed by atoms with Crippen molar-refractivity contribution >= 4 is 6.34 Å². The van der Waals surface area contributed by atoms with E-state index in [4.69, 9.17) is 4.74 Å². The lowest BCUT2D eigenvalue weighted by molar-refractivity contribution is -0.157. The molecule has 1 saturated carbocycles. The van der Waals surface area contributed by atoms with Crippen LogP contribution in [0.4, 0.5) is 0 Å². The smallest absolute Gasteiger partial charge is 0.131 e. The molecule has 0 aromatic heterocycles. The van der Waals surface area contributed by atoms with Crippen LogP contribution in [-0.4, -0.2) is 30.6 Å². The third-order valence-electron chi connectivity index (χ3n) is 4.76. The molecule has 1 aromatic carbocycles. The molecule has 3 nitrogen and oxygen atoms in total. The van der Waals surface area contributed by atoms with E-state index in [2.05, 4.69) is 47.1 Å². The van der Waals surface area contributed by atoms with Crippen molar-refractivity contribution in [3.63, 3.8) is 0 Å². The molecule has 0 bridgehead atoms. The van der Waals surface area contributed by atoms with Gasteiger partial charge in [0.05, 0.1) is 18.5 Å². The topological polar surface area (TPSA) is 24.8 Å². The Morgan fingerprint density at radius 2 is 1.95 bits per heavy atom. The van der Waals surface area contributed by atoms with E-state index in [1.165, 1.54) is 24.8 Å². The maximum absolute atomic E-state index is 6.73. The summed E-state index contributed by atoms with van der Waals surface area (Å²) in [4.78, 5) is 6.61. The summed E-state index contributed by atoms with van der Waals surface area (Å²) >= 11 is 0. The summed E-state index contributed by atoms with van der Waals surface area (Å²) in [6, 6.07) is 10.8. The minimum atomic E-state index is -0.101. The second-order valence-electron chi connectivity index (χ2n) is 6.16. The van der Waals surface area contributed by atoms with Crippen LogP contribution in [0.5, 0.6) is 0 Å². The van der Waals surface area contributed by atoms with E-state index in [1.54, 1.807) is 0 Å². The van der Waals surface area contributed by atoms with Gasteiger partial charge in [0.1, 0.15) is 6.23 Å². The molecule has 1 unspecified atom stereocenters. The molecular weight excluding hydrogens is 260 g/mol. The van der Waals surface area contributed by atoms with Gasteiger partial charge in [0.15, 0.2) is 0 Å². The van der Waals surface area contributed by atoms with Gasteiger partial charge in [-0.3, -0.25) is 4.99 Å². The van der Waals surface area contributed by atoms with Crippen LogP contribution in [0.25, 0.3) is 0 Å². The molecule has 114 valence electrons. The lowest BCUT2D eigenvalue weighted by Crippen LogP contribution is -2.43. The summed E-state index contributed by atoms with van der Waals surface area (Å²) in [5, 5.41) is 0. The van der Waals surface area contributed by atoms with Crippen LogP contribution >= 0.6 is 0 Å². The van der Waals surface area contributed by atoms with Crippen LogP contribution in [-0.2, 0) is 10.3 Å². The van der Waals surface area contributed by atoms with Gasteiger partial charge < -0.3 is 9.64 Å². The largest absolute Gasteiger partial charge is 0.347 e. The molecule has 1 aliphatic heterocycles. The van der Waals surface area contributed by atoms with Crippen molar-refractivity contribution in [3.05, 3.63) is 35.9 Å². The Morgan fingerprint density at radius 1 is 1.19 bits per heavy atom. The van der Waals surface area contributed by atoms with E-state index in [-0.39, 0.29) is 11.8 Å². The Bertz CT molecular complexity index is 465. The van der Waals surface area contributed by atoms with Crippen molar-refractivity contribution < 1.29 is 4.74 Å². The standard InChI is InChI=1S/C18H26N2O/c1-2-17(20-14-13-19-15-20)21-18(11-7-4-8-12-18)16-9-5-3-6-10-16/h3,5-6,9-10,15,17H,2,4,7-8,11-14H2,1H3. The first-order valence-electron chi connectivity index (χ1n) is 8.33. The van der Waals surface area contributed by atoms with E-state index >= 15 is 0 Å². The van der Waals surface area contributed by atoms with Crippen molar-refractivity contribution in [3.8, 4) is 0 Å². The molecule has 1 fully saturated rings. The molecule has 0 amide bonds. The van der Waals surface area contributed by atoms with Gasteiger partial charge in [0.25, 0.3) is 0 Å². The van der Waals surface area contributed by atoms with Gasteiger partial charge >= 0.3 is 0 Å². The minimum absolute atomic E-state index is 0.101. The zero-order chi connectivity index (χ0) is 14.5. The predicted octanol–water partition coefficient (Wildman–Crippen LogP) is 3.94. The van der Waals surface area contributed by atoms with E-state index in [0.29, 0.717) is 0 Å². The van der Waals surface area contributed by atoms with Gasteiger partial charge in [0.2, 0.25) is 0 Å². The van der Waals surface area contributed by atoms with Crippen LogP contribution in [0.3, 0.4) is 0 Å². The monoisotopic (exact) mass is 286 g/mol. The molecule has 0 saturated heterocycles. The SMILES string of the molecule is CCC(OC1(c2ccccc2)CCCCC1)N1C=NCC1. The number of hydrogen-bond donors (Lipinski definition) is 0. The summed E-state index contributed by atoms with van der Waals surface area (Å²) in [6.07, 6.45) is 9.25. The third kappa shape index (κ3) is 3.13. The molecule has 1 heterocycles. The van der Waals surface area contributed by atoms with Gasteiger partial charge in [-0.25, -0.2) is 0 Å². The highest BCUT2D eigenvalue weighted by Crippen LogP contribution is 2.42. The van der Waals surface area contributed by atoms with Crippen molar-refractivity contribution in [2.75, 3.05) is 13.1 Å². The van der Waals surface area contributed by atoms with E-state index in [1.807, 2.05) is 6.34 Å². The van der Waals surface area contributed by atoms with E-state index < -0.39 is 0 Å². The summed E-state index contributed by atoms with van der Waals surface area (Å²) in [5.41, 5.74) is 1.25. The van der Waals surface area contributed by atoms with Crippen LogP contribution in [0.2, 0.25) is 0 Å².